The summed E-state index contributed by atoms with van der Waals surface area (Å²) in [5, 5.41) is 3.20. The SMILES string of the molecule is Cc1ccc(-c2ccc[nH]2)c(C(=O)N2CCC[C@@H](Nc3ccc(C(F)(F)F)cn3)[C@@H]2C)n1. The van der Waals surface area contributed by atoms with Gasteiger partial charge in [-0.15, -0.1) is 0 Å². The Morgan fingerprint density at radius 2 is 2.03 bits per heavy atom. The predicted molar refractivity (Wildman–Crippen MR) is 115 cm³/mol. The molecule has 0 radical (unpaired) electrons. The molecule has 0 aromatic carbocycles. The van der Waals surface area contributed by atoms with E-state index >= 15 is 0 Å². The molecule has 2 N–H and O–H groups in total. The fourth-order valence-electron chi connectivity index (χ4n) is 4.03. The van der Waals surface area contributed by atoms with E-state index in [2.05, 4.69) is 20.3 Å². The standard InChI is InChI=1S/C23H24F3N5O/c1-14-7-9-17(19-5-3-11-27-19)21(29-14)22(32)31-12-4-6-18(15(31)2)30-20-10-8-16(13-28-20)23(24,25)26/h3,5,7-11,13,15,18,27H,4,6,12H2,1-2H3,(H,28,30)/t15-,18+/m0/s1. The topological polar surface area (TPSA) is 73.9 Å². The molecule has 168 valence electrons. The number of H-pyrrole nitrogens is 1. The van der Waals surface area contributed by atoms with Crippen molar-refractivity contribution in [3.63, 3.8) is 0 Å². The van der Waals surface area contributed by atoms with Gasteiger partial charge in [0.1, 0.15) is 11.5 Å². The van der Waals surface area contributed by atoms with E-state index in [1.165, 1.54) is 6.07 Å². The van der Waals surface area contributed by atoms with Crippen molar-refractivity contribution in [1.29, 1.82) is 0 Å². The maximum atomic E-state index is 13.5. The molecule has 1 aliphatic rings. The molecule has 1 amide bonds. The highest BCUT2D eigenvalue weighted by molar-refractivity contribution is 5.99. The lowest BCUT2D eigenvalue weighted by Gasteiger charge is -2.40. The number of halogens is 3. The van der Waals surface area contributed by atoms with Gasteiger partial charge < -0.3 is 15.2 Å². The molecule has 0 spiro atoms. The number of amides is 1. The first-order chi connectivity index (χ1) is 15.2. The molecule has 0 saturated carbocycles. The molecular weight excluding hydrogens is 419 g/mol. The highest BCUT2D eigenvalue weighted by Crippen LogP contribution is 2.30. The minimum atomic E-state index is -4.43. The second-order valence-corrected chi connectivity index (χ2v) is 7.99. The van der Waals surface area contributed by atoms with Crippen molar-refractivity contribution in [2.45, 2.75) is 44.9 Å². The van der Waals surface area contributed by atoms with Crippen molar-refractivity contribution < 1.29 is 18.0 Å². The second kappa shape index (κ2) is 8.64. The molecule has 1 saturated heterocycles. The van der Waals surface area contributed by atoms with Crippen LogP contribution in [0.1, 0.15) is 41.5 Å². The summed E-state index contributed by atoms with van der Waals surface area (Å²) >= 11 is 0. The average Bonchev–Trinajstić information content (AvgIpc) is 3.29. The summed E-state index contributed by atoms with van der Waals surface area (Å²) in [5.41, 5.74) is 1.88. The Hall–Kier alpha value is -3.36. The molecule has 2 atom stereocenters. The van der Waals surface area contributed by atoms with E-state index in [1.54, 1.807) is 11.1 Å². The lowest BCUT2D eigenvalue weighted by Crippen LogP contribution is -2.52. The molecule has 0 bridgehead atoms. The van der Waals surface area contributed by atoms with Crippen molar-refractivity contribution in [3.8, 4) is 11.3 Å². The fourth-order valence-corrected chi connectivity index (χ4v) is 4.03. The number of piperidine rings is 1. The normalized spacial score (nSPS) is 19.1. The van der Waals surface area contributed by atoms with Crippen molar-refractivity contribution in [2.24, 2.45) is 0 Å². The van der Waals surface area contributed by atoms with E-state index in [0.29, 0.717) is 18.1 Å². The number of hydrogen-bond acceptors (Lipinski definition) is 4. The summed E-state index contributed by atoms with van der Waals surface area (Å²) in [7, 11) is 0. The molecule has 1 fully saturated rings. The number of alkyl halides is 3. The van der Waals surface area contributed by atoms with E-state index in [0.717, 1.165) is 42.1 Å². The van der Waals surface area contributed by atoms with Crippen LogP contribution in [0.2, 0.25) is 0 Å². The number of anilines is 1. The number of nitrogens with zero attached hydrogens (tertiary/aromatic N) is 3. The number of aromatic amines is 1. The zero-order chi connectivity index (χ0) is 22.9. The Morgan fingerprint density at radius 3 is 2.69 bits per heavy atom. The Bertz CT molecular complexity index is 1080. The van der Waals surface area contributed by atoms with Crippen molar-refractivity contribution in [2.75, 3.05) is 11.9 Å². The van der Waals surface area contributed by atoms with Gasteiger partial charge in [-0.05, 0) is 63.1 Å². The Labute approximate surface area is 183 Å². The minimum Gasteiger partial charge on any atom is -0.365 e. The first-order valence-corrected chi connectivity index (χ1v) is 10.5. The van der Waals surface area contributed by atoms with Crippen LogP contribution < -0.4 is 5.32 Å². The minimum absolute atomic E-state index is 0.143. The van der Waals surface area contributed by atoms with Gasteiger partial charge in [0.05, 0.1) is 5.56 Å². The molecule has 3 aromatic heterocycles. The van der Waals surface area contributed by atoms with Crippen LogP contribution in [0.4, 0.5) is 19.0 Å². The average molecular weight is 443 g/mol. The lowest BCUT2D eigenvalue weighted by atomic mass is 9.96. The maximum Gasteiger partial charge on any atom is 0.417 e. The van der Waals surface area contributed by atoms with Gasteiger partial charge in [-0.1, -0.05) is 0 Å². The number of likely N-dealkylation sites (tertiary alicyclic amines) is 1. The van der Waals surface area contributed by atoms with Gasteiger partial charge in [0.25, 0.3) is 5.91 Å². The molecule has 1 aliphatic heterocycles. The van der Waals surface area contributed by atoms with Crippen LogP contribution in [0.25, 0.3) is 11.3 Å². The van der Waals surface area contributed by atoms with Gasteiger partial charge in [-0.25, -0.2) is 9.97 Å². The van der Waals surface area contributed by atoms with Gasteiger partial charge in [0, 0.05) is 48.0 Å². The molecule has 4 heterocycles. The summed E-state index contributed by atoms with van der Waals surface area (Å²) in [6.45, 7) is 4.36. The molecule has 9 heteroatoms. The van der Waals surface area contributed by atoms with Crippen LogP contribution >= 0.6 is 0 Å². The number of aromatic nitrogens is 3. The van der Waals surface area contributed by atoms with E-state index in [1.807, 2.05) is 38.1 Å². The highest BCUT2D eigenvalue weighted by Gasteiger charge is 2.34. The summed E-state index contributed by atoms with van der Waals surface area (Å²) < 4.78 is 38.4. The van der Waals surface area contributed by atoms with Crippen LogP contribution in [0.5, 0.6) is 0 Å². The zero-order valence-electron chi connectivity index (χ0n) is 17.8. The third kappa shape index (κ3) is 4.46. The van der Waals surface area contributed by atoms with E-state index in [-0.39, 0.29) is 18.0 Å². The van der Waals surface area contributed by atoms with E-state index in [9.17, 15) is 18.0 Å². The number of nitrogens with one attached hydrogen (secondary N) is 2. The predicted octanol–water partition coefficient (Wildman–Crippen LogP) is 4.90. The van der Waals surface area contributed by atoms with Crippen molar-refractivity contribution in [3.05, 3.63) is 65.7 Å². The third-order valence-electron chi connectivity index (χ3n) is 5.80. The first-order valence-electron chi connectivity index (χ1n) is 10.5. The lowest BCUT2D eigenvalue weighted by molar-refractivity contribution is -0.137. The quantitative estimate of drug-likeness (QED) is 0.601. The summed E-state index contributed by atoms with van der Waals surface area (Å²) in [5.74, 6) is 0.183. The first kappa shape index (κ1) is 21.9. The monoisotopic (exact) mass is 443 g/mol. The summed E-state index contributed by atoms with van der Waals surface area (Å²) in [4.78, 5) is 26.9. The number of carbonyl (C=O) groups excluding carboxylic acids is 1. The Morgan fingerprint density at radius 1 is 1.22 bits per heavy atom. The molecule has 4 rings (SSSR count). The summed E-state index contributed by atoms with van der Waals surface area (Å²) in [6.07, 6.45) is -0.275. The van der Waals surface area contributed by atoms with Crippen molar-refractivity contribution in [1.82, 2.24) is 19.9 Å². The van der Waals surface area contributed by atoms with Gasteiger partial charge in [-0.2, -0.15) is 13.2 Å². The van der Waals surface area contributed by atoms with Gasteiger partial charge in [0.2, 0.25) is 0 Å². The second-order valence-electron chi connectivity index (χ2n) is 7.99. The molecule has 6 nitrogen and oxygen atoms in total. The number of rotatable bonds is 4. The maximum absolute atomic E-state index is 13.5. The fraction of sp³-hybridized carbons (Fsp3) is 0.348. The Balaban J connectivity index is 1.54. The van der Waals surface area contributed by atoms with Crippen LogP contribution in [-0.4, -0.2) is 44.4 Å². The van der Waals surface area contributed by atoms with Gasteiger partial charge in [0.15, 0.2) is 0 Å². The smallest absolute Gasteiger partial charge is 0.365 e. The van der Waals surface area contributed by atoms with Crippen LogP contribution in [0.3, 0.4) is 0 Å². The molecule has 0 unspecified atom stereocenters. The molecule has 0 aliphatic carbocycles. The molecule has 3 aromatic rings. The van der Waals surface area contributed by atoms with Gasteiger partial charge in [-0.3, -0.25) is 4.79 Å². The third-order valence-corrected chi connectivity index (χ3v) is 5.80. The zero-order valence-corrected chi connectivity index (χ0v) is 17.8. The number of pyridine rings is 2. The highest BCUT2D eigenvalue weighted by atomic mass is 19.4. The number of hydrogen-bond donors (Lipinski definition) is 2. The van der Waals surface area contributed by atoms with Crippen LogP contribution in [-0.2, 0) is 6.18 Å². The largest absolute Gasteiger partial charge is 0.417 e. The molecule has 32 heavy (non-hydrogen) atoms. The van der Waals surface area contributed by atoms with Gasteiger partial charge >= 0.3 is 6.18 Å². The van der Waals surface area contributed by atoms with E-state index < -0.39 is 11.7 Å². The van der Waals surface area contributed by atoms with Crippen LogP contribution in [0.15, 0.2) is 48.8 Å². The van der Waals surface area contributed by atoms with Crippen LogP contribution in [0, 0.1) is 6.92 Å². The summed E-state index contributed by atoms with van der Waals surface area (Å²) in [6, 6.07) is 9.50. The van der Waals surface area contributed by atoms with Crippen molar-refractivity contribution >= 4 is 11.7 Å². The Kier molecular flexibility index (Phi) is 5.90. The number of carbonyl (C=O) groups is 1. The number of aryl methyl sites for hydroxylation is 1. The molecular formula is C23H24F3N5O. The van der Waals surface area contributed by atoms with E-state index in [4.69, 9.17) is 0 Å².